The van der Waals surface area contributed by atoms with Crippen LogP contribution in [0, 0.1) is 0 Å². The van der Waals surface area contributed by atoms with Gasteiger partial charge in [-0.1, -0.05) is 39.0 Å². The van der Waals surface area contributed by atoms with E-state index < -0.39 is 0 Å². The highest BCUT2D eigenvalue weighted by Gasteiger charge is 2.24. The summed E-state index contributed by atoms with van der Waals surface area (Å²) in [5, 5.41) is 0. The van der Waals surface area contributed by atoms with Gasteiger partial charge < -0.3 is 9.47 Å². The zero-order chi connectivity index (χ0) is 10.9. The molecule has 0 aromatic rings. The fourth-order valence-electron chi connectivity index (χ4n) is 1.83. The van der Waals surface area contributed by atoms with Crippen molar-refractivity contribution in [1.29, 1.82) is 0 Å². The van der Waals surface area contributed by atoms with Crippen molar-refractivity contribution in [3.05, 3.63) is 0 Å². The molecule has 3 heteroatoms. The third-order valence-electron chi connectivity index (χ3n) is 2.78. The Morgan fingerprint density at radius 3 is 2.53 bits per heavy atom. The predicted octanol–water partition coefficient (Wildman–Crippen LogP) is 3.72. The fourth-order valence-corrected chi connectivity index (χ4v) is 1.99. The van der Waals surface area contributed by atoms with Crippen molar-refractivity contribution in [1.82, 2.24) is 0 Å². The average molecular weight is 235 g/mol. The summed E-state index contributed by atoms with van der Waals surface area (Å²) < 4.78 is 11.1. The molecule has 0 radical (unpaired) electrons. The summed E-state index contributed by atoms with van der Waals surface area (Å²) in [6, 6.07) is 0. The third kappa shape index (κ3) is 5.74. The Morgan fingerprint density at radius 2 is 1.87 bits per heavy atom. The molecular formula is C12H23ClO2. The Bertz CT molecular complexity index is 153. The molecule has 1 heterocycles. The first-order valence-electron chi connectivity index (χ1n) is 6.19. The number of rotatable bonds is 8. The fraction of sp³-hybridized carbons (Fsp3) is 1.00. The molecule has 15 heavy (non-hydrogen) atoms. The Balaban J connectivity index is 1.88. The van der Waals surface area contributed by atoms with E-state index in [2.05, 4.69) is 6.92 Å². The van der Waals surface area contributed by atoms with Crippen LogP contribution >= 0.6 is 11.6 Å². The van der Waals surface area contributed by atoms with Gasteiger partial charge in [0.2, 0.25) is 0 Å². The van der Waals surface area contributed by atoms with Gasteiger partial charge in [0, 0.05) is 0 Å². The highest BCUT2D eigenvalue weighted by atomic mass is 35.5. The molecule has 0 spiro atoms. The van der Waals surface area contributed by atoms with Crippen LogP contribution in [-0.2, 0) is 9.47 Å². The van der Waals surface area contributed by atoms with Gasteiger partial charge in [-0.25, -0.2) is 0 Å². The van der Waals surface area contributed by atoms with E-state index in [1.807, 2.05) is 0 Å². The number of alkyl halides is 1. The van der Waals surface area contributed by atoms with Crippen LogP contribution in [-0.4, -0.2) is 24.9 Å². The van der Waals surface area contributed by atoms with Crippen LogP contribution in [0.5, 0.6) is 0 Å². The van der Waals surface area contributed by atoms with Gasteiger partial charge in [-0.2, -0.15) is 0 Å². The van der Waals surface area contributed by atoms with Gasteiger partial charge in [-0.3, -0.25) is 0 Å². The number of halogens is 1. The third-order valence-corrected chi connectivity index (χ3v) is 3.12. The first-order chi connectivity index (χ1) is 7.36. The Labute approximate surface area is 98.3 Å². The number of unbranched alkanes of at least 4 members (excludes halogenated alkanes) is 5. The lowest BCUT2D eigenvalue weighted by Crippen LogP contribution is -2.13. The molecule has 0 aliphatic carbocycles. The molecule has 0 aromatic carbocycles. The number of hydrogen-bond donors (Lipinski definition) is 0. The zero-order valence-electron chi connectivity index (χ0n) is 9.71. The second-order valence-corrected chi connectivity index (χ2v) is 4.54. The summed E-state index contributed by atoms with van der Waals surface area (Å²) in [6.45, 7) is 2.91. The molecule has 1 aliphatic heterocycles. The van der Waals surface area contributed by atoms with E-state index in [1.54, 1.807) is 0 Å². The van der Waals surface area contributed by atoms with Crippen LogP contribution in [0.2, 0.25) is 0 Å². The molecular weight excluding hydrogens is 212 g/mol. The molecule has 90 valence electrons. The maximum atomic E-state index is 5.69. The minimum atomic E-state index is 0.0138. The SMILES string of the molecule is CCCCCCCC[C@H]1OC[C@@H](CCl)O1. The molecule has 0 saturated carbocycles. The van der Waals surface area contributed by atoms with Crippen LogP contribution in [0.15, 0.2) is 0 Å². The van der Waals surface area contributed by atoms with Crippen molar-refractivity contribution in [3.8, 4) is 0 Å². The summed E-state index contributed by atoms with van der Waals surface area (Å²) in [5.41, 5.74) is 0. The first-order valence-corrected chi connectivity index (χ1v) is 6.73. The summed E-state index contributed by atoms with van der Waals surface area (Å²) in [5.74, 6) is 0.549. The first kappa shape index (κ1) is 13.3. The molecule has 0 N–H and O–H groups in total. The van der Waals surface area contributed by atoms with Gasteiger partial charge in [-0.05, 0) is 12.8 Å². The van der Waals surface area contributed by atoms with Crippen molar-refractivity contribution < 1.29 is 9.47 Å². The lowest BCUT2D eigenvalue weighted by molar-refractivity contribution is -0.0599. The maximum absolute atomic E-state index is 5.69. The summed E-state index contributed by atoms with van der Waals surface area (Å²) >= 11 is 5.69. The Kier molecular flexibility index (Phi) is 7.41. The normalized spacial score (nSPS) is 26.0. The molecule has 0 bridgehead atoms. The van der Waals surface area contributed by atoms with Gasteiger partial charge in [0.15, 0.2) is 6.29 Å². The van der Waals surface area contributed by atoms with E-state index in [1.165, 1.54) is 38.5 Å². The predicted molar refractivity (Wildman–Crippen MR) is 63.3 cm³/mol. The summed E-state index contributed by atoms with van der Waals surface area (Å²) in [4.78, 5) is 0. The Hall–Kier alpha value is 0.210. The largest absolute Gasteiger partial charge is 0.350 e. The van der Waals surface area contributed by atoms with Crippen LogP contribution in [0.1, 0.15) is 51.9 Å². The molecule has 2 nitrogen and oxygen atoms in total. The van der Waals surface area contributed by atoms with Crippen LogP contribution in [0.25, 0.3) is 0 Å². The maximum Gasteiger partial charge on any atom is 0.158 e. The second kappa shape index (κ2) is 8.37. The molecule has 0 amide bonds. The molecule has 1 rings (SSSR count). The van der Waals surface area contributed by atoms with Crippen molar-refractivity contribution >= 4 is 11.6 Å². The lowest BCUT2D eigenvalue weighted by Gasteiger charge is -2.09. The summed E-state index contributed by atoms with van der Waals surface area (Å²) in [7, 11) is 0. The van der Waals surface area contributed by atoms with E-state index in [0.29, 0.717) is 12.5 Å². The van der Waals surface area contributed by atoms with Crippen molar-refractivity contribution in [3.63, 3.8) is 0 Å². The highest BCUT2D eigenvalue weighted by molar-refractivity contribution is 6.18. The molecule has 1 fully saturated rings. The van der Waals surface area contributed by atoms with Crippen LogP contribution in [0.4, 0.5) is 0 Å². The van der Waals surface area contributed by atoms with Gasteiger partial charge in [0.25, 0.3) is 0 Å². The van der Waals surface area contributed by atoms with Crippen LogP contribution in [0.3, 0.4) is 0 Å². The van der Waals surface area contributed by atoms with Gasteiger partial charge in [0.05, 0.1) is 18.6 Å². The number of ether oxygens (including phenoxy) is 2. The smallest absolute Gasteiger partial charge is 0.158 e. The van der Waals surface area contributed by atoms with E-state index in [9.17, 15) is 0 Å². The van der Waals surface area contributed by atoms with E-state index in [-0.39, 0.29) is 12.4 Å². The second-order valence-electron chi connectivity index (χ2n) is 4.23. The van der Waals surface area contributed by atoms with E-state index in [0.717, 1.165) is 6.42 Å². The van der Waals surface area contributed by atoms with E-state index >= 15 is 0 Å². The minimum Gasteiger partial charge on any atom is -0.350 e. The van der Waals surface area contributed by atoms with Crippen molar-refractivity contribution in [2.75, 3.05) is 12.5 Å². The highest BCUT2D eigenvalue weighted by Crippen LogP contribution is 2.18. The topological polar surface area (TPSA) is 18.5 Å². The molecule has 2 atom stereocenters. The monoisotopic (exact) mass is 234 g/mol. The van der Waals surface area contributed by atoms with Crippen molar-refractivity contribution in [2.45, 2.75) is 64.3 Å². The van der Waals surface area contributed by atoms with Gasteiger partial charge >= 0.3 is 0 Å². The van der Waals surface area contributed by atoms with Gasteiger partial charge in [0.1, 0.15) is 0 Å². The quantitative estimate of drug-likeness (QED) is 0.471. The van der Waals surface area contributed by atoms with E-state index in [4.69, 9.17) is 21.1 Å². The van der Waals surface area contributed by atoms with Gasteiger partial charge in [-0.15, -0.1) is 11.6 Å². The standard InChI is InChI=1S/C12H23ClO2/c1-2-3-4-5-6-7-8-12-14-10-11(9-13)15-12/h11-12H,2-10H2,1H3/t11-,12+/m1/s1. The zero-order valence-corrected chi connectivity index (χ0v) is 10.5. The minimum absolute atomic E-state index is 0.0138. The summed E-state index contributed by atoms with van der Waals surface area (Å²) in [6.07, 6.45) is 9.07. The molecule has 0 aromatic heterocycles. The molecule has 0 unspecified atom stereocenters. The van der Waals surface area contributed by atoms with Crippen LogP contribution < -0.4 is 0 Å². The lowest BCUT2D eigenvalue weighted by atomic mass is 10.1. The molecule has 1 saturated heterocycles. The average Bonchev–Trinajstić information content (AvgIpc) is 2.71. The van der Waals surface area contributed by atoms with Crippen molar-refractivity contribution in [2.24, 2.45) is 0 Å². The Morgan fingerprint density at radius 1 is 1.13 bits per heavy atom. The molecule has 1 aliphatic rings. The number of hydrogen-bond acceptors (Lipinski definition) is 2.